The molecule has 1 aliphatic heterocycles. The van der Waals surface area contributed by atoms with Crippen molar-refractivity contribution in [2.75, 3.05) is 38.7 Å². The molecule has 1 saturated heterocycles. The first-order valence-corrected chi connectivity index (χ1v) is 14.0. The van der Waals surface area contributed by atoms with Gasteiger partial charge in [0.1, 0.15) is 11.5 Å². The number of benzene rings is 2. The van der Waals surface area contributed by atoms with Gasteiger partial charge in [0.15, 0.2) is 0 Å². The van der Waals surface area contributed by atoms with E-state index in [0.29, 0.717) is 5.82 Å². The van der Waals surface area contributed by atoms with E-state index in [1.54, 1.807) is 34.0 Å². The van der Waals surface area contributed by atoms with E-state index < -0.39 is 6.03 Å². The Labute approximate surface area is 238 Å². The summed E-state index contributed by atoms with van der Waals surface area (Å²) in [5.74, 6) is 0.553. The van der Waals surface area contributed by atoms with Gasteiger partial charge in [-0.3, -0.25) is 10.00 Å². The molecule has 2 aromatic carbocycles. The van der Waals surface area contributed by atoms with Crippen molar-refractivity contribution in [3.63, 3.8) is 0 Å². The number of urea groups is 1. The highest BCUT2D eigenvalue weighted by Gasteiger charge is 2.19. The van der Waals surface area contributed by atoms with Crippen LogP contribution in [0.3, 0.4) is 0 Å². The summed E-state index contributed by atoms with van der Waals surface area (Å²) in [5.41, 5.74) is 11.5. The molecule has 11 heteroatoms. The largest absolute Gasteiger partial charge is 0.383 e. The Balaban J connectivity index is 0.000000167. The van der Waals surface area contributed by atoms with Crippen LogP contribution in [0, 0.1) is 6.92 Å². The average molecular weight is 561 g/mol. The summed E-state index contributed by atoms with van der Waals surface area (Å²) in [5, 5.41) is 11.4. The molecule has 0 radical (unpaired) electrons. The number of hydrogen-bond acceptors (Lipinski definition) is 7. The zero-order valence-electron chi connectivity index (χ0n) is 23.2. The van der Waals surface area contributed by atoms with Crippen LogP contribution >= 0.6 is 11.3 Å². The Hall–Kier alpha value is -4.06. The maximum Gasteiger partial charge on any atom is 0.317 e. The minimum atomic E-state index is -0.627. The number of aryl methyl sites for hydroxylation is 1. The maximum atomic E-state index is 11.3. The molecule has 0 aliphatic carbocycles. The third kappa shape index (κ3) is 7.75. The van der Waals surface area contributed by atoms with Crippen molar-refractivity contribution in [2.24, 2.45) is 12.8 Å². The molecule has 10 nitrogen and oxygen atoms in total. The normalized spacial score (nSPS) is 12.9. The summed E-state index contributed by atoms with van der Waals surface area (Å²) in [6.07, 6.45) is 6.37. The molecule has 0 unspecified atom stereocenters. The first-order chi connectivity index (χ1) is 19.5. The quantitative estimate of drug-likeness (QED) is 0.299. The SMILES string of the molecule is COCCN1CCCC1.Cc1c(-c2cnn(C)c2)nn(-c2ccccc2)c1NC(N)=O.c1ccc2scnc2c1. The molecular weight excluding hydrogens is 524 g/mol. The highest BCUT2D eigenvalue weighted by molar-refractivity contribution is 7.16. The number of nitrogens with zero attached hydrogens (tertiary/aromatic N) is 6. The lowest BCUT2D eigenvalue weighted by molar-refractivity contribution is 0.161. The van der Waals surface area contributed by atoms with Gasteiger partial charge in [-0.25, -0.2) is 14.5 Å². The molecule has 0 saturated carbocycles. The Bertz CT molecular complexity index is 1460. The fourth-order valence-electron chi connectivity index (χ4n) is 4.36. The van der Waals surface area contributed by atoms with E-state index >= 15 is 0 Å². The van der Waals surface area contributed by atoms with E-state index in [1.807, 2.05) is 74.2 Å². The number of primary amides is 1. The van der Waals surface area contributed by atoms with E-state index in [0.717, 1.165) is 41.2 Å². The van der Waals surface area contributed by atoms with Crippen molar-refractivity contribution in [1.29, 1.82) is 0 Å². The summed E-state index contributed by atoms with van der Waals surface area (Å²) in [6, 6.07) is 17.0. The van der Waals surface area contributed by atoms with Crippen LogP contribution in [0.1, 0.15) is 18.4 Å². The fourth-order valence-corrected chi connectivity index (χ4v) is 5.04. The van der Waals surface area contributed by atoms with Crippen LogP contribution in [0.4, 0.5) is 10.6 Å². The predicted molar refractivity (Wildman–Crippen MR) is 161 cm³/mol. The highest BCUT2D eigenvalue weighted by Crippen LogP contribution is 2.30. The van der Waals surface area contributed by atoms with E-state index in [4.69, 9.17) is 10.5 Å². The lowest BCUT2D eigenvalue weighted by Crippen LogP contribution is -2.23. The Morgan fingerprint density at radius 1 is 1.10 bits per heavy atom. The molecule has 6 rings (SSSR count). The first kappa shape index (κ1) is 28.9. The van der Waals surface area contributed by atoms with E-state index in [-0.39, 0.29) is 0 Å². The average Bonchev–Trinajstić information content (AvgIpc) is 3.78. The van der Waals surface area contributed by atoms with Gasteiger partial charge in [0.25, 0.3) is 0 Å². The minimum Gasteiger partial charge on any atom is -0.383 e. The maximum absolute atomic E-state index is 11.3. The zero-order valence-corrected chi connectivity index (χ0v) is 24.0. The predicted octanol–water partition coefficient (Wildman–Crippen LogP) is 5.10. The number of carbonyl (C=O) groups is 1. The Kier molecular flexibility index (Phi) is 10.4. The molecule has 0 bridgehead atoms. The Morgan fingerprint density at radius 3 is 2.48 bits per heavy atom. The molecule has 210 valence electrons. The van der Waals surface area contributed by atoms with Crippen molar-refractivity contribution in [3.8, 4) is 16.9 Å². The second-order valence-electron chi connectivity index (χ2n) is 9.32. The number of amides is 2. The molecule has 0 spiro atoms. The van der Waals surface area contributed by atoms with Gasteiger partial charge < -0.3 is 15.4 Å². The van der Waals surface area contributed by atoms with Crippen LogP contribution in [-0.2, 0) is 11.8 Å². The summed E-state index contributed by atoms with van der Waals surface area (Å²) in [7, 11) is 3.60. The Morgan fingerprint density at radius 2 is 1.82 bits per heavy atom. The lowest BCUT2D eigenvalue weighted by Gasteiger charge is -2.12. The number of nitrogens with two attached hydrogens (primary N) is 1. The fraction of sp³-hybridized carbons (Fsp3) is 0.310. The van der Waals surface area contributed by atoms with Crippen molar-refractivity contribution in [3.05, 3.63) is 78.1 Å². The van der Waals surface area contributed by atoms with Gasteiger partial charge in [-0.05, 0) is 57.1 Å². The molecule has 4 heterocycles. The smallest absolute Gasteiger partial charge is 0.317 e. The molecular formula is C29H36N8O2S. The topological polar surface area (TPSA) is 116 Å². The van der Waals surface area contributed by atoms with Gasteiger partial charge in [-0.1, -0.05) is 30.3 Å². The third-order valence-corrected chi connectivity index (χ3v) is 7.20. The second-order valence-corrected chi connectivity index (χ2v) is 10.2. The number of fused-ring (bicyclic) bond motifs is 1. The van der Waals surface area contributed by atoms with Crippen LogP contribution in [0.5, 0.6) is 0 Å². The number of para-hydroxylation sites is 2. The zero-order chi connectivity index (χ0) is 28.3. The van der Waals surface area contributed by atoms with Crippen LogP contribution in [0.25, 0.3) is 27.2 Å². The highest BCUT2D eigenvalue weighted by atomic mass is 32.1. The van der Waals surface area contributed by atoms with Crippen LogP contribution in [0.15, 0.2) is 72.5 Å². The number of hydrogen-bond donors (Lipinski definition) is 2. The number of methoxy groups -OCH3 is 1. The van der Waals surface area contributed by atoms with Crippen LogP contribution < -0.4 is 11.1 Å². The third-order valence-electron chi connectivity index (χ3n) is 6.39. The lowest BCUT2D eigenvalue weighted by atomic mass is 10.1. The minimum absolute atomic E-state index is 0.553. The molecule has 1 aliphatic rings. The standard InChI is InChI=1S/C15H16N6O.C7H15NO.C7H5NS/c1-10-13(11-8-17-20(2)9-11)19-21(14(10)18-15(16)22)12-6-4-3-5-7-12;1-9-7-6-8-4-2-3-5-8;1-2-4-7-6(3-1)8-5-9-7/h3-9H,1-2H3,(H3,16,18,22);2-7H2,1H3;1-5H. The molecule has 2 amide bonds. The number of nitrogens with one attached hydrogen (secondary N) is 1. The van der Waals surface area contributed by atoms with Crippen LogP contribution in [0.2, 0.25) is 0 Å². The van der Waals surface area contributed by atoms with E-state index in [9.17, 15) is 4.79 Å². The monoisotopic (exact) mass is 560 g/mol. The first-order valence-electron chi connectivity index (χ1n) is 13.2. The van der Waals surface area contributed by atoms with Gasteiger partial charge in [-0.15, -0.1) is 11.3 Å². The molecule has 1 fully saturated rings. The van der Waals surface area contributed by atoms with Crippen molar-refractivity contribution < 1.29 is 9.53 Å². The number of rotatable bonds is 6. The number of likely N-dealkylation sites (tertiary alicyclic amines) is 1. The van der Waals surface area contributed by atoms with Gasteiger partial charge in [0, 0.05) is 38.0 Å². The molecule has 3 N–H and O–H groups in total. The summed E-state index contributed by atoms with van der Waals surface area (Å²) < 4.78 is 9.60. The summed E-state index contributed by atoms with van der Waals surface area (Å²) >= 11 is 1.68. The second kappa shape index (κ2) is 14.4. The van der Waals surface area contributed by atoms with Gasteiger partial charge in [0.2, 0.25) is 0 Å². The summed E-state index contributed by atoms with van der Waals surface area (Å²) in [6.45, 7) is 6.46. The molecule has 40 heavy (non-hydrogen) atoms. The number of carbonyl (C=O) groups excluding carboxylic acids is 1. The van der Waals surface area contributed by atoms with E-state index in [1.165, 1.54) is 30.6 Å². The van der Waals surface area contributed by atoms with Crippen LogP contribution in [-0.4, -0.2) is 68.8 Å². The van der Waals surface area contributed by atoms with Gasteiger partial charge >= 0.3 is 6.03 Å². The summed E-state index contributed by atoms with van der Waals surface area (Å²) in [4.78, 5) is 17.9. The molecule has 5 aromatic rings. The van der Waals surface area contributed by atoms with Gasteiger partial charge in [-0.2, -0.15) is 10.2 Å². The number of aromatic nitrogens is 5. The number of thiazole rings is 1. The number of anilines is 1. The van der Waals surface area contributed by atoms with Crippen molar-refractivity contribution >= 4 is 33.4 Å². The molecule has 3 aromatic heterocycles. The van der Waals surface area contributed by atoms with Crippen molar-refractivity contribution in [2.45, 2.75) is 19.8 Å². The van der Waals surface area contributed by atoms with Crippen molar-refractivity contribution in [1.82, 2.24) is 29.4 Å². The van der Waals surface area contributed by atoms with Gasteiger partial charge in [0.05, 0.1) is 34.2 Å². The van der Waals surface area contributed by atoms with E-state index in [2.05, 4.69) is 31.5 Å². The number of ether oxygens (including phenoxy) is 1. The molecule has 0 atom stereocenters.